The SMILES string of the molecule is CC1=C(C(=O)OC(C)C)C(c2ccco2)C2=C(CCCC2=O)N1. The van der Waals surface area contributed by atoms with Gasteiger partial charge in [0.05, 0.1) is 23.9 Å². The van der Waals surface area contributed by atoms with Crippen LogP contribution in [0.2, 0.25) is 0 Å². The molecule has 23 heavy (non-hydrogen) atoms. The van der Waals surface area contributed by atoms with E-state index < -0.39 is 11.9 Å². The highest BCUT2D eigenvalue weighted by Gasteiger charge is 2.40. The lowest BCUT2D eigenvalue weighted by Gasteiger charge is -2.33. The van der Waals surface area contributed by atoms with Crippen molar-refractivity contribution in [3.05, 3.63) is 46.7 Å². The van der Waals surface area contributed by atoms with Crippen LogP contribution in [0.4, 0.5) is 0 Å². The molecule has 1 atom stereocenters. The molecule has 2 heterocycles. The summed E-state index contributed by atoms with van der Waals surface area (Å²) in [5.41, 5.74) is 2.74. The Morgan fingerprint density at radius 2 is 2.17 bits per heavy atom. The Kier molecular flexibility index (Phi) is 4.11. The molecule has 0 bridgehead atoms. The summed E-state index contributed by atoms with van der Waals surface area (Å²) in [7, 11) is 0. The molecule has 2 aliphatic rings. The van der Waals surface area contributed by atoms with Gasteiger partial charge < -0.3 is 14.5 Å². The average Bonchev–Trinajstić information content (AvgIpc) is 2.99. The molecule has 5 nitrogen and oxygen atoms in total. The molecule has 1 aliphatic carbocycles. The zero-order chi connectivity index (χ0) is 16.6. The minimum atomic E-state index is -0.486. The quantitative estimate of drug-likeness (QED) is 0.868. The molecule has 5 heteroatoms. The lowest BCUT2D eigenvalue weighted by molar-refractivity contribution is -0.143. The summed E-state index contributed by atoms with van der Waals surface area (Å²) in [5.74, 6) is -0.219. The van der Waals surface area contributed by atoms with Gasteiger partial charge in [-0.1, -0.05) is 0 Å². The van der Waals surface area contributed by atoms with Crippen LogP contribution >= 0.6 is 0 Å². The fraction of sp³-hybridized carbons (Fsp3) is 0.444. The summed E-state index contributed by atoms with van der Waals surface area (Å²) in [6.45, 7) is 5.46. The van der Waals surface area contributed by atoms with E-state index in [4.69, 9.17) is 9.15 Å². The highest BCUT2D eigenvalue weighted by atomic mass is 16.5. The number of dihydropyridines is 1. The molecule has 1 aliphatic heterocycles. The number of esters is 1. The first-order chi connectivity index (χ1) is 11.0. The second kappa shape index (κ2) is 6.07. The van der Waals surface area contributed by atoms with Crippen LogP contribution in [-0.2, 0) is 14.3 Å². The number of hydrogen-bond acceptors (Lipinski definition) is 5. The van der Waals surface area contributed by atoms with Gasteiger partial charge in [-0.3, -0.25) is 4.79 Å². The van der Waals surface area contributed by atoms with Crippen molar-refractivity contribution in [2.45, 2.75) is 52.1 Å². The van der Waals surface area contributed by atoms with Crippen LogP contribution in [0.5, 0.6) is 0 Å². The second-order valence-electron chi connectivity index (χ2n) is 6.24. The van der Waals surface area contributed by atoms with Gasteiger partial charge in [-0.05, 0) is 45.7 Å². The molecule has 1 unspecified atom stereocenters. The van der Waals surface area contributed by atoms with Gasteiger partial charge in [-0.15, -0.1) is 0 Å². The smallest absolute Gasteiger partial charge is 0.337 e. The minimum absolute atomic E-state index is 0.0718. The van der Waals surface area contributed by atoms with Crippen molar-refractivity contribution in [3.8, 4) is 0 Å². The zero-order valence-corrected chi connectivity index (χ0v) is 13.6. The summed E-state index contributed by atoms with van der Waals surface area (Å²) in [6, 6.07) is 3.57. The van der Waals surface area contributed by atoms with Crippen LogP contribution in [-0.4, -0.2) is 17.9 Å². The first-order valence-electron chi connectivity index (χ1n) is 7.97. The highest BCUT2D eigenvalue weighted by Crippen LogP contribution is 2.42. The maximum absolute atomic E-state index is 12.6. The van der Waals surface area contributed by atoms with Crippen molar-refractivity contribution in [2.75, 3.05) is 0 Å². The average molecular weight is 315 g/mol. The summed E-state index contributed by atoms with van der Waals surface area (Å²) in [4.78, 5) is 25.1. The highest BCUT2D eigenvalue weighted by molar-refractivity contribution is 6.03. The number of nitrogens with one attached hydrogen (secondary N) is 1. The Hall–Kier alpha value is -2.30. The molecule has 0 saturated heterocycles. The Morgan fingerprint density at radius 1 is 1.39 bits per heavy atom. The van der Waals surface area contributed by atoms with E-state index in [0.29, 0.717) is 23.3 Å². The van der Waals surface area contributed by atoms with E-state index in [9.17, 15) is 9.59 Å². The largest absolute Gasteiger partial charge is 0.468 e. The number of carbonyl (C=O) groups is 2. The Balaban J connectivity index is 2.10. The fourth-order valence-electron chi connectivity index (χ4n) is 3.27. The number of furan rings is 1. The Morgan fingerprint density at radius 3 is 2.83 bits per heavy atom. The van der Waals surface area contributed by atoms with Gasteiger partial charge in [0.2, 0.25) is 0 Å². The topological polar surface area (TPSA) is 68.5 Å². The number of hydrogen-bond donors (Lipinski definition) is 1. The van der Waals surface area contributed by atoms with Crippen molar-refractivity contribution in [3.63, 3.8) is 0 Å². The van der Waals surface area contributed by atoms with Crippen molar-refractivity contribution in [2.24, 2.45) is 0 Å². The summed E-state index contributed by atoms with van der Waals surface area (Å²) >= 11 is 0. The van der Waals surface area contributed by atoms with E-state index in [2.05, 4.69) is 5.32 Å². The van der Waals surface area contributed by atoms with Crippen LogP contribution in [0.3, 0.4) is 0 Å². The number of ketones is 1. The van der Waals surface area contributed by atoms with Crippen molar-refractivity contribution >= 4 is 11.8 Å². The molecule has 0 spiro atoms. The normalized spacial score (nSPS) is 21.4. The zero-order valence-electron chi connectivity index (χ0n) is 13.6. The van der Waals surface area contributed by atoms with E-state index in [1.54, 1.807) is 18.4 Å². The predicted octanol–water partition coefficient (Wildman–Crippen LogP) is 3.20. The molecule has 0 radical (unpaired) electrons. The van der Waals surface area contributed by atoms with Gasteiger partial charge in [-0.25, -0.2) is 4.79 Å². The van der Waals surface area contributed by atoms with Crippen molar-refractivity contribution in [1.29, 1.82) is 0 Å². The lowest BCUT2D eigenvalue weighted by atomic mass is 9.77. The van der Waals surface area contributed by atoms with Crippen molar-refractivity contribution < 1.29 is 18.7 Å². The lowest BCUT2D eigenvalue weighted by Crippen LogP contribution is -2.34. The number of allylic oxidation sites excluding steroid dienone is 3. The van der Waals surface area contributed by atoms with Gasteiger partial charge in [0.1, 0.15) is 5.76 Å². The van der Waals surface area contributed by atoms with Gasteiger partial charge in [-0.2, -0.15) is 0 Å². The van der Waals surface area contributed by atoms with Gasteiger partial charge >= 0.3 is 5.97 Å². The molecule has 0 fully saturated rings. The van der Waals surface area contributed by atoms with E-state index >= 15 is 0 Å². The molecule has 1 aromatic heterocycles. The molecule has 0 saturated carbocycles. The van der Waals surface area contributed by atoms with Crippen molar-refractivity contribution in [1.82, 2.24) is 5.32 Å². The molecule has 3 rings (SSSR count). The van der Waals surface area contributed by atoms with Crippen LogP contribution in [0.25, 0.3) is 0 Å². The van der Waals surface area contributed by atoms with E-state index in [0.717, 1.165) is 24.2 Å². The Labute approximate surface area is 135 Å². The molecule has 1 N–H and O–H groups in total. The number of carbonyl (C=O) groups excluding carboxylic acids is 2. The number of ether oxygens (including phenoxy) is 1. The minimum Gasteiger partial charge on any atom is -0.468 e. The predicted molar refractivity (Wildman–Crippen MR) is 84.4 cm³/mol. The summed E-state index contributed by atoms with van der Waals surface area (Å²) in [6.07, 6.45) is 3.48. The third-order valence-corrected chi connectivity index (χ3v) is 4.17. The molecular weight excluding hydrogens is 294 g/mol. The molecular formula is C18H21NO4. The van der Waals surface area contributed by atoms with Crippen LogP contribution < -0.4 is 5.32 Å². The monoisotopic (exact) mass is 315 g/mol. The summed E-state index contributed by atoms with van der Waals surface area (Å²) < 4.78 is 10.9. The van der Waals surface area contributed by atoms with Gasteiger partial charge in [0.25, 0.3) is 0 Å². The van der Waals surface area contributed by atoms with E-state index in [1.165, 1.54) is 0 Å². The third-order valence-electron chi connectivity index (χ3n) is 4.17. The van der Waals surface area contributed by atoms with E-state index in [1.807, 2.05) is 20.8 Å². The van der Waals surface area contributed by atoms with Crippen LogP contribution in [0.15, 0.2) is 45.4 Å². The Bertz CT molecular complexity index is 695. The molecule has 0 amide bonds. The van der Waals surface area contributed by atoms with Gasteiger partial charge in [0.15, 0.2) is 5.78 Å². The van der Waals surface area contributed by atoms with Crippen LogP contribution in [0, 0.1) is 0 Å². The fourth-order valence-corrected chi connectivity index (χ4v) is 3.27. The second-order valence-corrected chi connectivity index (χ2v) is 6.24. The van der Waals surface area contributed by atoms with Gasteiger partial charge in [0, 0.05) is 23.4 Å². The summed E-state index contributed by atoms with van der Waals surface area (Å²) in [5, 5.41) is 3.24. The molecule has 0 aromatic carbocycles. The van der Waals surface area contributed by atoms with Crippen LogP contribution in [0.1, 0.15) is 51.7 Å². The molecule has 122 valence electrons. The first kappa shape index (κ1) is 15.6. The standard InChI is InChI=1S/C18H21NO4/c1-10(2)23-18(21)15-11(3)19-12-6-4-7-13(20)16(12)17(15)14-8-5-9-22-14/h5,8-10,17,19H,4,6-7H2,1-3H3. The first-order valence-corrected chi connectivity index (χ1v) is 7.97. The molecule has 1 aromatic rings. The number of Topliss-reactive ketones (excluding diaryl/α,β-unsaturated/α-hetero) is 1. The van der Waals surface area contributed by atoms with E-state index in [-0.39, 0.29) is 11.9 Å². The third kappa shape index (κ3) is 2.83. The number of rotatable bonds is 3. The maximum Gasteiger partial charge on any atom is 0.337 e. The maximum atomic E-state index is 12.6.